The lowest BCUT2D eigenvalue weighted by molar-refractivity contribution is 0.234. The van der Waals surface area contributed by atoms with Crippen molar-refractivity contribution in [1.82, 2.24) is 0 Å². The Balaban J connectivity index is 1.84. The first-order valence-corrected chi connectivity index (χ1v) is 10.0. The Bertz CT molecular complexity index is 819. The van der Waals surface area contributed by atoms with Crippen LogP contribution in [0.15, 0.2) is 72.3 Å². The summed E-state index contributed by atoms with van der Waals surface area (Å²) in [4.78, 5) is 0. The van der Waals surface area contributed by atoms with E-state index in [1.54, 1.807) is 12.1 Å². The molecule has 27 heavy (non-hydrogen) atoms. The highest BCUT2D eigenvalue weighted by Gasteiger charge is 2.32. The molecular formula is C25H28F2. The minimum atomic E-state index is -1.55. The van der Waals surface area contributed by atoms with E-state index in [9.17, 15) is 4.39 Å². The summed E-state index contributed by atoms with van der Waals surface area (Å²) >= 11 is 0. The molecule has 3 rings (SSSR count). The summed E-state index contributed by atoms with van der Waals surface area (Å²) in [5.41, 5.74) is 1.61. The van der Waals surface area contributed by atoms with Crippen LogP contribution in [0.3, 0.4) is 0 Å². The molecule has 0 fully saturated rings. The lowest BCUT2D eigenvalue weighted by Crippen LogP contribution is -2.20. The van der Waals surface area contributed by atoms with Gasteiger partial charge in [-0.3, -0.25) is 0 Å². The first-order valence-electron chi connectivity index (χ1n) is 10.0. The third kappa shape index (κ3) is 4.94. The van der Waals surface area contributed by atoms with E-state index in [4.69, 9.17) is 0 Å². The molecule has 1 atom stereocenters. The van der Waals surface area contributed by atoms with Gasteiger partial charge in [-0.2, -0.15) is 0 Å². The van der Waals surface area contributed by atoms with Gasteiger partial charge in [0, 0.05) is 12.0 Å². The van der Waals surface area contributed by atoms with E-state index in [2.05, 4.69) is 13.0 Å². The second-order valence-electron chi connectivity index (χ2n) is 7.41. The molecule has 0 saturated carbocycles. The molecule has 142 valence electrons. The average Bonchev–Trinajstić information content (AvgIpc) is 2.68. The lowest BCUT2D eigenvalue weighted by Gasteiger charge is -2.27. The number of rotatable bonds is 8. The lowest BCUT2D eigenvalue weighted by atomic mass is 9.81. The van der Waals surface area contributed by atoms with Gasteiger partial charge in [-0.1, -0.05) is 81.2 Å². The van der Waals surface area contributed by atoms with Crippen molar-refractivity contribution >= 4 is 0 Å². The Hall–Kier alpha value is -2.22. The van der Waals surface area contributed by atoms with Crippen molar-refractivity contribution < 1.29 is 8.78 Å². The van der Waals surface area contributed by atoms with Crippen LogP contribution < -0.4 is 0 Å². The third-order valence-corrected chi connectivity index (χ3v) is 5.24. The highest BCUT2D eigenvalue weighted by Crippen LogP contribution is 2.41. The molecule has 0 heterocycles. The standard InChI is InChI=1S/C25H28F2/c1-2-3-4-5-6-11-20-12-10-17-25(27,19-20)24-16-8-7-15-23(24)21-13-9-14-22(26)18-21/h7-10,12-16,18-19H,2-6,11,17H2,1H3. The molecule has 2 heteroatoms. The Morgan fingerprint density at radius 2 is 1.78 bits per heavy atom. The highest BCUT2D eigenvalue weighted by molar-refractivity contribution is 5.69. The molecule has 1 unspecified atom stereocenters. The molecule has 2 aromatic rings. The van der Waals surface area contributed by atoms with Gasteiger partial charge in [0.15, 0.2) is 5.67 Å². The topological polar surface area (TPSA) is 0 Å². The maximum Gasteiger partial charge on any atom is 0.158 e. The largest absolute Gasteiger partial charge is 0.234 e. The number of allylic oxidation sites excluding steroid dienone is 4. The normalized spacial score (nSPS) is 19.1. The first kappa shape index (κ1) is 19.5. The van der Waals surface area contributed by atoms with Gasteiger partial charge in [0.1, 0.15) is 5.82 Å². The Labute approximate surface area is 161 Å². The van der Waals surface area contributed by atoms with Gasteiger partial charge >= 0.3 is 0 Å². The maximum absolute atomic E-state index is 16.0. The number of hydrogen-bond donors (Lipinski definition) is 0. The van der Waals surface area contributed by atoms with Crippen LogP contribution in [0.1, 0.15) is 57.4 Å². The van der Waals surface area contributed by atoms with Crippen molar-refractivity contribution in [1.29, 1.82) is 0 Å². The second kappa shape index (κ2) is 9.12. The molecule has 0 radical (unpaired) electrons. The highest BCUT2D eigenvalue weighted by atomic mass is 19.1. The van der Waals surface area contributed by atoms with E-state index in [0.29, 0.717) is 17.5 Å². The fourth-order valence-electron chi connectivity index (χ4n) is 3.81. The van der Waals surface area contributed by atoms with Gasteiger partial charge in [-0.05, 0) is 47.8 Å². The molecule has 0 amide bonds. The third-order valence-electron chi connectivity index (χ3n) is 5.24. The monoisotopic (exact) mass is 366 g/mol. The van der Waals surface area contributed by atoms with Crippen LogP contribution in [-0.2, 0) is 5.67 Å². The zero-order valence-electron chi connectivity index (χ0n) is 16.1. The molecule has 2 aromatic carbocycles. The van der Waals surface area contributed by atoms with Crippen molar-refractivity contribution in [2.45, 2.75) is 57.5 Å². The summed E-state index contributed by atoms with van der Waals surface area (Å²) in [6.45, 7) is 2.21. The number of unbranched alkanes of at least 4 members (excludes halogenated alkanes) is 4. The molecule has 0 bridgehead atoms. The van der Waals surface area contributed by atoms with E-state index in [1.807, 2.05) is 36.4 Å². The van der Waals surface area contributed by atoms with Crippen LogP contribution in [0.4, 0.5) is 8.78 Å². The average molecular weight is 366 g/mol. The van der Waals surface area contributed by atoms with Crippen LogP contribution in [0.25, 0.3) is 11.1 Å². The van der Waals surface area contributed by atoms with Crippen LogP contribution in [0, 0.1) is 5.82 Å². The molecule has 1 aliphatic rings. The Morgan fingerprint density at radius 1 is 0.963 bits per heavy atom. The smallest absolute Gasteiger partial charge is 0.158 e. The number of benzene rings is 2. The minimum absolute atomic E-state index is 0.304. The van der Waals surface area contributed by atoms with Gasteiger partial charge in [0.05, 0.1) is 0 Å². The quantitative estimate of drug-likeness (QED) is 0.416. The summed E-state index contributed by atoms with van der Waals surface area (Å²) in [5.74, 6) is -0.304. The first-order chi connectivity index (χ1) is 13.1. The second-order valence-corrected chi connectivity index (χ2v) is 7.41. The SMILES string of the molecule is CCCCCCCC1=CC(F)(c2ccccc2-c2cccc(F)c2)CC=C1. The van der Waals surface area contributed by atoms with E-state index >= 15 is 4.39 Å². The zero-order valence-corrected chi connectivity index (χ0v) is 16.1. The fourth-order valence-corrected chi connectivity index (χ4v) is 3.81. The van der Waals surface area contributed by atoms with Crippen LogP contribution in [-0.4, -0.2) is 0 Å². The molecule has 1 aliphatic carbocycles. The van der Waals surface area contributed by atoms with E-state index in [-0.39, 0.29) is 5.82 Å². The predicted octanol–water partition coefficient (Wildman–Crippen LogP) is 7.90. The van der Waals surface area contributed by atoms with Gasteiger partial charge < -0.3 is 0 Å². The summed E-state index contributed by atoms with van der Waals surface area (Å²) in [5, 5.41) is 0. The van der Waals surface area contributed by atoms with Crippen LogP contribution in [0.5, 0.6) is 0 Å². The number of halogens is 2. The van der Waals surface area contributed by atoms with Gasteiger partial charge in [-0.25, -0.2) is 8.78 Å². The van der Waals surface area contributed by atoms with E-state index in [0.717, 1.165) is 24.0 Å². The number of hydrogen-bond acceptors (Lipinski definition) is 0. The van der Waals surface area contributed by atoms with E-state index < -0.39 is 5.67 Å². The molecule has 0 saturated heterocycles. The zero-order chi connectivity index (χ0) is 19.1. The van der Waals surface area contributed by atoms with Gasteiger partial charge in [0.2, 0.25) is 0 Å². The van der Waals surface area contributed by atoms with Crippen LogP contribution in [0.2, 0.25) is 0 Å². The van der Waals surface area contributed by atoms with E-state index in [1.165, 1.54) is 37.8 Å². The molecule has 0 aromatic heterocycles. The molecule has 0 nitrogen and oxygen atoms in total. The van der Waals surface area contributed by atoms with Gasteiger partial charge in [0.25, 0.3) is 0 Å². The predicted molar refractivity (Wildman–Crippen MR) is 110 cm³/mol. The summed E-state index contributed by atoms with van der Waals surface area (Å²) in [7, 11) is 0. The van der Waals surface area contributed by atoms with Gasteiger partial charge in [-0.15, -0.1) is 0 Å². The summed E-state index contributed by atoms with van der Waals surface area (Å²) in [6, 6.07) is 13.8. The summed E-state index contributed by atoms with van der Waals surface area (Å²) in [6.07, 6.45) is 13.0. The molecule has 0 spiro atoms. The fraction of sp³-hybridized carbons (Fsp3) is 0.360. The van der Waals surface area contributed by atoms with Crippen LogP contribution >= 0.6 is 0 Å². The summed E-state index contributed by atoms with van der Waals surface area (Å²) < 4.78 is 29.7. The van der Waals surface area contributed by atoms with Crippen molar-refractivity contribution in [3.8, 4) is 11.1 Å². The van der Waals surface area contributed by atoms with Crippen molar-refractivity contribution in [3.05, 3.63) is 83.7 Å². The van der Waals surface area contributed by atoms with Crippen molar-refractivity contribution in [2.75, 3.05) is 0 Å². The van der Waals surface area contributed by atoms with Crippen molar-refractivity contribution in [3.63, 3.8) is 0 Å². The minimum Gasteiger partial charge on any atom is -0.234 e. The Kier molecular flexibility index (Phi) is 6.60. The number of alkyl halides is 1. The molecular weight excluding hydrogens is 338 g/mol. The Morgan fingerprint density at radius 3 is 2.59 bits per heavy atom. The maximum atomic E-state index is 16.0. The molecule has 0 N–H and O–H groups in total. The van der Waals surface area contributed by atoms with Crippen molar-refractivity contribution in [2.24, 2.45) is 0 Å². The molecule has 0 aliphatic heterocycles.